The fourth-order valence-corrected chi connectivity index (χ4v) is 2.64. The summed E-state index contributed by atoms with van der Waals surface area (Å²) in [5.74, 6) is -0.0654. The number of rotatable bonds is 1. The van der Waals surface area contributed by atoms with E-state index in [9.17, 15) is 4.79 Å². The molecule has 0 bridgehead atoms. The van der Waals surface area contributed by atoms with Crippen LogP contribution in [0.15, 0.2) is 36.5 Å². The number of aromatic nitrogens is 1. The summed E-state index contributed by atoms with van der Waals surface area (Å²) in [6.07, 6.45) is 3.40. The highest BCUT2D eigenvalue weighted by atomic mass is 16.2. The van der Waals surface area contributed by atoms with E-state index in [0.29, 0.717) is 12.1 Å². The van der Waals surface area contributed by atoms with Crippen LogP contribution in [0.2, 0.25) is 0 Å². The smallest absolute Gasteiger partial charge is 0.255 e. The van der Waals surface area contributed by atoms with Crippen molar-refractivity contribution in [1.82, 2.24) is 9.88 Å². The first kappa shape index (κ1) is 12.6. The molecule has 2 heterocycles. The minimum Gasteiger partial charge on any atom is -0.337 e. The first-order valence-electron chi connectivity index (χ1n) is 6.81. The molecule has 4 heteroatoms. The normalized spacial score (nSPS) is 18.8. The van der Waals surface area contributed by atoms with Gasteiger partial charge >= 0.3 is 0 Å². The third-order valence-corrected chi connectivity index (χ3v) is 3.73. The summed E-state index contributed by atoms with van der Waals surface area (Å²) in [5, 5.41) is 9.97. The van der Waals surface area contributed by atoms with Crippen LogP contribution in [-0.4, -0.2) is 28.9 Å². The maximum atomic E-state index is 12.5. The molecule has 0 radical (unpaired) electrons. The second-order valence-corrected chi connectivity index (χ2v) is 5.14. The number of nitriles is 1. The van der Waals surface area contributed by atoms with Crippen LogP contribution >= 0.6 is 0 Å². The van der Waals surface area contributed by atoms with E-state index in [4.69, 9.17) is 5.26 Å². The third kappa shape index (κ3) is 2.35. The number of fused-ring (bicyclic) bond motifs is 1. The number of nitrogens with zero attached hydrogens (tertiary/aromatic N) is 3. The summed E-state index contributed by atoms with van der Waals surface area (Å²) in [6, 6.07) is 11.9. The van der Waals surface area contributed by atoms with E-state index >= 15 is 0 Å². The highest BCUT2D eigenvalue weighted by Gasteiger charge is 2.24. The molecule has 1 amide bonds. The average Bonchev–Trinajstić information content (AvgIpc) is 2.53. The number of pyridine rings is 1. The fourth-order valence-electron chi connectivity index (χ4n) is 2.64. The van der Waals surface area contributed by atoms with E-state index in [2.05, 4.69) is 11.1 Å². The Kier molecular flexibility index (Phi) is 3.34. The Balaban J connectivity index is 1.86. The minimum absolute atomic E-state index is 0.0248. The first-order chi connectivity index (χ1) is 9.78. The monoisotopic (exact) mass is 265 g/mol. The summed E-state index contributed by atoms with van der Waals surface area (Å²) in [7, 11) is 0. The van der Waals surface area contributed by atoms with E-state index in [1.165, 1.54) is 0 Å². The quantitative estimate of drug-likeness (QED) is 0.796. The van der Waals surface area contributed by atoms with Gasteiger partial charge in [-0.1, -0.05) is 18.2 Å². The molecule has 1 atom stereocenters. The van der Waals surface area contributed by atoms with Crippen LogP contribution < -0.4 is 0 Å². The number of benzene rings is 1. The zero-order chi connectivity index (χ0) is 13.9. The Morgan fingerprint density at radius 2 is 2.25 bits per heavy atom. The molecule has 1 fully saturated rings. The summed E-state index contributed by atoms with van der Waals surface area (Å²) >= 11 is 0. The van der Waals surface area contributed by atoms with E-state index < -0.39 is 0 Å². The van der Waals surface area contributed by atoms with Gasteiger partial charge in [0.1, 0.15) is 0 Å². The lowest BCUT2D eigenvalue weighted by atomic mass is 9.99. The summed E-state index contributed by atoms with van der Waals surface area (Å²) in [5.41, 5.74) is 1.49. The molecule has 1 aliphatic rings. The van der Waals surface area contributed by atoms with E-state index in [-0.39, 0.29) is 11.8 Å². The Morgan fingerprint density at radius 3 is 3.10 bits per heavy atom. The van der Waals surface area contributed by atoms with Crippen molar-refractivity contribution in [1.29, 1.82) is 5.26 Å². The Labute approximate surface area is 117 Å². The van der Waals surface area contributed by atoms with Gasteiger partial charge in [0.25, 0.3) is 5.91 Å². The van der Waals surface area contributed by atoms with Gasteiger partial charge in [-0.25, -0.2) is 0 Å². The Morgan fingerprint density at radius 1 is 1.40 bits per heavy atom. The van der Waals surface area contributed by atoms with Gasteiger partial charge in [-0.05, 0) is 25.0 Å². The summed E-state index contributed by atoms with van der Waals surface area (Å²) in [6.45, 7) is 1.26. The molecular weight excluding hydrogens is 250 g/mol. The number of para-hydroxylation sites is 1. The van der Waals surface area contributed by atoms with Crippen molar-refractivity contribution < 1.29 is 4.79 Å². The van der Waals surface area contributed by atoms with Crippen LogP contribution in [0.25, 0.3) is 10.9 Å². The largest absolute Gasteiger partial charge is 0.337 e. The number of carbonyl (C=O) groups excluding carboxylic acids is 1. The van der Waals surface area contributed by atoms with Crippen molar-refractivity contribution in [2.24, 2.45) is 5.92 Å². The molecule has 0 N–H and O–H groups in total. The molecule has 1 aromatic carbocycles. The van der Waals surface area contributed by atoms with Crippen molar-refractivity contribution in [3.8, 4) is 6.07 Å². The van der Waals surface area contributed by atoms with Crippen LogP contribution in [0.3, 0.4) is 0 Å². The lowest BCUT2D eigenvalue weighted by Gasteiger charge is -2.29. The lowest BCUT2D eigenvalue weighted by molar-refractivity contribution is 0.0698. The molecule has 20 heavy (non-hydrogen) atoms. The van der Waals surface area contributed by atoms with Crippen LogP contribution in [0.5, 0.6) is 0 Å². The van der Waals surface area contributed by atoms with Gasteiger partial charge in [-0.15, -0.1) is 0 Å². The molecule has 100 valence electrons. The van der Waals surface area contributed by atoms with Crippen molar-refractivity contribution in [3.63, 3.8) is 0 Å². The van der Waals surface area contributed by atoms with Gasteiger partial charge in [0.2, 0.25) is 0 Å². The maximum Gasteiger partial charge on any atom is 0.255 e. The highest BCUT2D eigenvalue weighted by molar-refractivity contribution is 5.97. The van der Waals surface area contributed by atoms with Gasteiger partial charge in [0.05, 0.1) is 23.1 Å². The van der Waals surface area contributed by atoms with E-state index in [1.807, 2.05) is 30.3 Å². The minimum atomic E-state index is -0.0406. The number of likely N-dealkylation sites (tertiary alicyclic amines) is 1. The summed E-state index contributed by atoms with van der Waals surface area (Å²) in [4.78, 5) is 18.6. The SMILES string of the molecule is N#C[C@H]1CCCN(C(=O)c2cnc3ccccc3c2)C1. The molecule has 0 unspecified atom stereocenters. The number of hydrogen-bond acceptors (Lipinski definition) is 3. The van der Waals surface area contributed by atoms with Gasteiger partial charge < -0.3 is 4.90 Å². The molecule has 1 aliphatic heterocycles. The summed E-state index contributed by atoms with van der Waals surface area (Å²) < 4.78 is 0. The molecule has 0 spiro atoms. The standard InChI is InChI=1S/C16H15N3O/c17-9-12-4-3-7-19(11-12)16(20)14-8-13-5-1-2-6-15(13)18-10-14/h1-2,5-6,8,10,12H,3-4,7,11H2/t12-/m1/s1. The molecule has 3 rings (SSSR count). The second kappa shape index (κ2) is 5.30. The van der Waals surface area contributed by atoms with Crippen molar-refractivity contribution in [2.75, 3.05) is 13.1 Å². The topological polar surface area (TPSA) is 57.0 Å². The zero-order valence-corrected chi connectivity index (χ0v) is 11.1. The van der Waals surface area contributed by atoms with Crippen LogP contribution in [0.4, 0.5) is 0 Å². The maximum absolute atomic E-state index is 12.5. The average molecular weight is 265 g/mol. The Hall–Kier alpha value is -2.41. The number of amides is 1. The second-order valence-electron chi connectivity index (χ2n) is 5.14. The molecule has 1 aromatic heterocycles. The molecule has 1 saturated heterocycles. The Bertz CT molecular complexity index is 689. The molecule has 0 aliphatic carbocycles. The molecule has 2 aromatic rings. The number of carbonyl (C=O) groups is 1. The first-order valence-corrected chi connectivity index (χ1v) is 6.81. The van der Waals surface area contributed by atoms with Crippen LogP contribution in [-0.2, 0) is 0 Å². The van der Waals surface area contributed by atoms with Gasteiger partial charge in [-0.2, -0.15) is 5.26 Å². The van der Waals surface area contributed by atoms with Crippen molar-refractivity contribution in [2.45, 2.75) is 12.8 Å². The zero-order valence-electron chi connectivity index (χ0n) is 11.1. The molecule has 4 nitrogen and oxygen atoms in total. The van der Waals surface area contributed by atoms with E-state index in [0.717, 1.165) is 30.3 Å². The number of piperidine rings is 1. The van der Waals surface area contributed by atoms with Crippen LogP contribution in [0, 0.1) is 17.2 Å². The third-order valence-electron chi connectivity index (χ3n) is 3.73. The molecular formula is C16H15N3O. The van der Waals surface area contributed by atoms with Crippen molar-refractivity contribution in [3.05, 3.63) is 42.1 Å². The van der Waals surface area contributed by atoms with Gasteiger partial charge in [0.15, 0.2) is 0 Å². The number of hydrogen-bond donors (Lipinski definition) is 0. The lowest BCUT2D eigenvalue weighted by Crippen LogP contribution is -2.39. The predicted molar refractivity (Wildman–Crippen MR) is 76.0 cm³/mol. The van der Waals surface area contributed by atoms with Gasteiger partial charge in [0, 0.05) is 24.7 Å². The predicted octanol–water partition coefficient (Wildman–Crippen LogP) is 2.61. The van der Waals surface area contributed by atoms with Crippen LogP contribution in [0.1, 0.15) is 23.2 Å². The van der Waals surface area contributed by atoms with E-state index in [1.54, 1.807) is 11.1 Å². The fraction of sp³-hybridized carbons (Fsp3) is 0.312. The highest BCUT2D eigenvalue weighted by Crippen LogP contribution is 2.19. The van der Waals surface area contributed by atoms with Crippen molar-refractivity contribution >= 4 is 16.8 Å². The van der Waals surface area contributed by atoms with Gasteiger partial charge in [-0.3, -0.25) is 9.78 Å². The molecule has 0 saturated carbocycles.